The maximum Gasteiger partial charge on any atom is 0.361 e. The van der Waals surface area contributed by atoms with Gasteiger partial charge in [0.05, 0.1) is 6.67 Å². The summed E-state index contributed by atoms with van der Waals surface area (Å²) in [7, 11) is 0. The molecule has 0 aromatic carbocycles. The Hall–Kier alpha value is -1.37. The van der Waals surface area contributed by atoms with Crippen LogP contribution in [0.3, 0.4) is 0 Å². The molecule has 0 radical (unpaired) electrons. The lowest BCUT2D eigenvalue weighted by molar-refractivity contribution is -0.486. The second kappa shape index (κ2) is 2.97. The molecule has 0 aromatic heterocycles. The maximum atomic E-state index is 9.75. The number of rotatable bonds is 1. The van der Waals surface area contributed by atoms with Gasteiger partial charge in [0.15, 0.2) is 5.03 Å². The summed E-state index contributed by atoms with van der Waals surface area (Å²) >= 11 is 0. The Balaban J connectivity index is 2.45. The maximum absolute atomic E-state index is 9.75. The summed E-state index contributed by atoms with van der Waals surface area (Å²) in [5, 5.41) is 17.1. The molecule has 56 valence electrons. The second-order valence-corrected chi connectivity index (χ2v) is 1.54. The molecule has 1 saturated heterocycles. The van der Waals surface area contributed by atoms with Crippen LogP contribution in [0.5, 0.6) is 0 Å². The lowest BCUT2D eigenvalue weighted by Gasteiger charge is -2.14. The monoisotopic (exact) mass is 146 g/mol. The summed E-state index contributed by atoms with van der Waals surface area (Å²) in [6.45, 7) is 0.687. The van der Waals surface area contributed by atoms with Crippen LogP contribution in [-0.2, 0) is 4.74 Å². The Kier molecular flexibility index (Phi) is 2.00. The summed E-state index contributed by atoms with van der Waals surface area (Å²) in [5.41, 5.74) is 0. The standard InChI is InChI=1S/C3H6N4O3/c8-7(9)6-3-5-1-4-2-10-3/h4H,1-2H2,(H,5,6). The Morgan fingerprint density at radius 1 is 1.80 bits per heavy atom. The molecule has 0 amide bonds. The van der Waals surface area contributed by atoms with Crippen molar-refractivity contribution in [3.05, 3.63) is 10.1 Å². The first kappa shape index (κ1) is 6.75. The third kappa shape index (κ3) is 1.86. The average molecular weight is 146 g/mol. The van der Waals surface area contributed by atoms with Gasteiger partial charge < -0.3 is 10.1 Å². The van der Waals surface area contributed by atoms with Crippen molar-refractivity contribution in [2.24, 2.45) is 5.10 Å². The number of amidine groups is 1. The van der Waals surface area contributed by atoms with Crippen LogP contribution >= 0.6 is 0 Å². The number of hydrogen-bond acceptors (Lipinski definition) is 4. The molecule has 1 aliphatic heterocycles. The lowest BCUT2D eigenvalue weighted by atomic mass is 10.8. The molecule has 0 unspecified atom stereocenters. The van der Waals surface area contributed by atoms with Crippen LogP contribution in [0.4, 0.5) is 0 Å². The van der Waals surface area contributed by atoms with E-state index in [0.29, 0.717) is 6.67 Å². The Morgan fingerprint density at radius 2 is 2.60 bits per heavy atom. The van der Waals surface area contributed by atoms with E-state index >= 15 is 0 Å². The van der Waals surface area contributed by atoms with Crippen molar-refractivity contribution < 1.29 is 9.77 Å². The van der Waals surface area contributed by atoms with Crippen LogP contribution in [0.25, 0.3) is 0 Å². The molecule has 0 aromatic rings. The summed E-state index contributed by atoms with van der Waals surface area (Å²) in [5.74, 6) is 0. The molecule has 0 spiro atoms. The van der Waals surface area contributed by atoms with E-state index in [4.69, 9.17) is 0 Å². The SMILES string of the molecule is O=[N+]([O-])/N=C1/NCNCO1. The normalized spacial score (nSPS) is 21.4. The van der Waals surface area contributed by atoms with Gasteiger partial charge in [-0.05, 0) is 0 Å². The minimum absolute atomic E-state index is 0.0521. The number of nitrogens with one attached hydrogen (secondary N) is 2. The molecule has 1 fully saturated rings. The summed E-state index contributed by atoms with van der Waals surface area (Å²) in [6, 6.07) is -0.0521. The highest BCUT2D eigenvalue weighted by Gasteiger charge is 2.08. The minimum atomic E-state index is -0.812. The van der Waals surface area contributed by atoms with Crippen LogP contribution < -0.4 is 10.6 Å². The van der Waals surface area contributed by atoms with E-state index in [2.05, 4.69) is 20.5 Å². The number of nitro groups is 1. The Bertz CT molecular complexity index is 159. The zero-order valence-corrected chi connectivity index (χ0v) is 5.03. The van der Waals surface area contributed by atoms with E-state index in [9.17, 15) is 10.1 Å². The van der Waals surface area contributed by atoms with Gasteiger partial charge in [0.2, 0.25) is 0 Å². The van der Waals surface area contributed by atoms with E-state index in [1.807, 2.05) is 0 Å². The van der Waals surface area contributed by atoms with Crippen LogP contribution in [0.15, 0.2) is 5.10 Å². The fourth-order valence-corrected chi connectivity index (χ4v) is 0.498. The molecule has 0 bridgehead atoms. The van der Waals surface area contributed by atoms with E-state index in [1.54, 1.807) is 0 Å². The first-order chi connectivity index (χ1) is 4.79. The molecular weight excluding hydrogens is 140 g/mol. The van der Waals surface area contributed by atoms with Crippen molar-refractivity contribution in [2.45, 2.75) is 0 Å². The largest absolute Gasteiger partial charge is 0.445 e. The molecule has 1 aliphatic rings. The number of ether oxygens (including phenoxy) is 1. The third-order valence-corrected chi connectivity index (χ3v) is 0.848. The highest BCUT2D eigenvalue weighted by Crippen LogP contribution is 1.82. The van der Waals surface area contributed by atoms with Gasteiger partial charge in [-0.3, -0.25) is 5.32 Å². The number of hydrazone groups is 1. The van der Waals surface area contributed by atoms with Crippen LogP contribution in [-0.4, -0.2) is 24.5 Å². The third-order valence-electron chi connectivity index (χ3n) is 0.848. The molecule has 0 aliphatic carbocycles. The van der Waals surface area contributed by atoms with Gasteiger partial charge in [-0.1, -0.05) is 0 Å². The quantitative estimate of drug-likeness (QED) is 0.353. The van der Waals surface area contributed by atoms with E-state index in [-0.39, 0.29) is 12.8 Å². The second-order valence-electron chi connectivity index (χ2n) is 1.54. The predicted octanol–water partition coefficient (Wildman–Crippen LogP) is -1.34. The zero-order valence-electron chi connectivity index (χ0n) is 5.03. The molecular formula is C3H6N4O3. The summed E-state index contributed by atoms with van der Waals surface area (Å²) in [4.78, 5) is 9.75. The van der Waals surface area contributed by atoms with Crippen molar-refractivity contribution in [1.82, 2.24) is 10.6 Å². The molecule has 2 N–H and O–H groups in total. The van der Waals surface area contributed by atoms with Crippen molar-refractivity contribution >= 4 is 6.02 Å². The van der Waals surface area contributed by atoms with Gasteiger partial charge in [-0.25, -0.2) is 10.1 Å². The van der Waals surface area contributed by atoms with E-state index < -0.39 is 5.03 Å². The molecule has 7 heteroatoms. The van der Waals surface area contributed by atoms with E-state index in [0.717, 1.165) is 0 Å². The van der Waals surface area contributed by atoms with Gasteiger partial charge >= 0.3 is 6.02 Å². The highest BCUT2D eigenvalue weighted by molar-refractivity contribution is 5.73. The number of nitrogens with zero attached hydrogens (tertiary/aromatic N) is 2. The number of hydrogen-bond donors (Lipinski definition) is 2. The van der Waals surface area contributed by atoms with Crippen molar-refractivity contribution in [2.75, 3.05) is 13.4 Å². The smallest absolute Gasteiger partial charge is 0.361 e. The van der Waals surface area contributed by atoms with Gasteiger partial charge in [0.25, 0.3) is 0 Å². The van der Waals surface area contributed by atoms with Crippen molar-refractivity contribution in [3.8, 4) is 0 Å². The molecule has 1 rings (SSSR count). The van der Waals surface area contributed by atoms with Gasteiger partial charge in [-0.15, -0.1) is 0 Å². The zero-order chi connectivity index (χ0) is 7.40. The summed E-state index contributed by atoms with van der Waals surface area (Å²) in [6.07, 6.45) is 0. The minimum Gasteiger partial charge on any atom is -0.445 e. The van der Waals surface area contributed by atoms with Gasteiger partial charge in [0, 0.05) is 0 Å². The average Bonchev–Trinajstić information content (AvgIpc) is 1.88. The molecule has 10 heavy (non-hydrogen) atoms. The fraction of sp³-hybridized carbons (Fsp3) is 0.667. The first-order valence-electron chi connectivity index (χ1n) is 2.59. The topological polar surface area (TPSA) is 88.8 Å². The molecule has 0 saturated carbocycles. The van der Waals surface area contributed by atoms with Crippen molar-refractivity contribution in [3.63, 3.8) is 0 Å². The first-order valence-corrected chi connectivity index (χ1v) is 2.59. The van der Waals surface area contributed by atoms with Gasteiger partial charge in [0.1, 0.15) is 11.8 Å². The molecule has 7 nitrogen and oxygen atoms in total. The van der Waals surface area contributed by atoms with Crippen LogP contribution in [0.1, 0.15) is 0 Å². The fourth-order valence-electron chi connectivity index (χ4n) is 0.498. The Morgan fingerprint density at radius 3 is 3.10 bits per heavy atom. The predicted molar refractivity (Wildman–Crippen MR) is 31.5 cm³/mol. The Labute approximate surface area is 56.2 Å². The molecule has 1 heterocycles. The van der Waals surface area contributed by atoms with Gasteiger partial charge in [-0.2, -0.15) is 0 Å². The molecule has 0 atom stereocenters. The summed E-state index contributed by atoms with van der Waals surface area (Å²) < 4.78 is 4.67. The van der Waals surface area contributed by atoms with Crippen LogP contribution in [0, 0.1) is 10.1 Å². The van der Waals surface area contributed by atoms with E-state index in [1.165, 1.54) is 0 Å². The van der Waals surface area contributed by atoms with Crippen LogP contribution in [0.2, 0.25) is 0 Å². The highest BCUT2D eigenvalue weighted by atomic mass is 16.7. The van der Waals surface area contributed by atoms with Crippen molar-refractivity contribution in [1.29, 1.82) is 0 Å². The lowest BCUT2D eigenvalue weighted by Crippen LogP contribution is -2.44.